The van der Waals surface area contributed by atoms with Crippen LogP contribution in [0.25, 0.3) is 0 Å². The van der Waals surface area contributed by atoms with Gasteiger partial charge in [0, 0.05) is 29.7 Å². The molecular formula is C15H13BrN2O2. The van der Waals surface area contributed by atoms with E-state index in [1.165, 1.54) is 0 Å². The highest BCUT2D eigenvalue weighted by Gasteiger charge is 2.18. The number of benzene rings is 1. The zero-order chi connectivity index (χ0) is 14.1. The normalized spacial score (nSPS) is 12.7. The Morgan fingerprint density at radius 1 is 1.35 bits per heavy atom. The zero-order valence-corrected chi connectivity index (χ0v) is 12.6. The molecule has 0 N–H and O–H groups in total. The SMILES string of the molecule is CN(C(=O)c1ccc2c(c1)CCO2)c1ccc(Br)cn1. The molecule has 0 atom stereocenters. The van der Waals surface area contributed by atoms with E-state index in [0.29, 0.717) is 18.0 Å². The van der Waals surface area contributed by atoms with E-state index in [4.69, 9.17) is 4.74 Å². The molecule has 2 aromatic rings. The van der Waals surface area contributed by atoms with E-state index in [0.717, 1.165) is 22.2 Å². The number of anilines is 1. The van der Waals surface area contributed by atoms with Crippen molar-refractivity contribution in [3.05, 3.63) is 52.1 Å². The highest BCUT2D eigenvalue weighted by Crippen LogP contribution is 2.26. The molecule has 1 aromatic heterocycles. The molecule has 1 aliphatic rings. The highest BCUT2D eigenvalue weighted by molar-refractivity contribution is 9.10. The molecule has 0 bridgehead atoms. The van der Waals surface area contributed by atoms with Crippen LogP contribution in [0.15, 0.2) is 41.0 Å². The molecule has 0 fully saturated rings. The first-order valence-corrected chi connectivity index (χ1v) is 7.10. The van der Waals surface area contributed by atoms with Crippen LogP contribution in [0, 0.1) is 0 Å². The van der Waals surface area contributed by atoms with Gasteiger partial charge in [0.2, 0.25) is 0 Å². The van der Waals surface area contributed by atoms with Gasteiger partial charge >= 0.3 is 0 Å². The number of ether oxygens (including phenoxy) is 1. The van der Waals surface area contributed by atoms with E-state index >= 15 is 0 Å². The van der Waals surface area contributed by atoms with Crippen molar-refractivity contribution in [1.82, 2.24) is 4.98 Å². The molecule has 2 heterocycles. The standard InChI is InChI=1S/C15H13BrN2O2/c1-18(14-5-3-12(16)9-17-14)15(19)11-2-4-13-10(8-11)6-7-20-13/h2-5,8-9H,6-7H2,1H3. The second-order valence-corrected chi connectivity index (χ2v) is 5.54. The van der Waals surface area contributed by atoms with Crippen LogP contribution in [0.3, 0.4) is 0 Å². The lowest BCUT2D eigenvalue weighted by Crippen LogP contribution is -2.27. The van der Waals surface area contributed by atoms with Gasteiger partial charge in [0.15, 0.2) is 0 Å². The zero-order valence-electron chi connectivity index (χ0n) is 11.0. The number of nitrogens with zero attached hydrogens (tertiary/aromatic N) is 2. The maximum atomic E-state index is 12.5. The molecule has 0 unspecified atom stereocenters. The van der Waals surface area contributed by atoms with Crippen LogP contribution in [-0.2, 0) is 6.42 Å². The van der Waals surface area contributed by atoms with Gasteiger partial charge in [-0.15, -0.1) is 0 Å². The van der Waals surface area contributed by atoms with E-state index in [1.807, 2.05) is 18.2 Å². The van der Waals surface area contributed by atoms with Gasteiger partial charge in [0.25, 0.3) is 5.91 Å². The van der Waals surface area contributed by atoms with E-state index in [-0.39, 0.29) is 5.91 Å². The molecule has 0 saturated heterocycles. The minimum Gasteiger partial charge on any atom is -0.493 e. The molecule has 4 nitrogen and oxygen atoms in total. The molecule has 1 aromatic carbocycles. The summed E-state index contributed by atoms with van der Waals surface area (Å²) < 4.78 is 6.33. The Morgan fingerprint density at radius 2 is 2.20 bits per heavy atom. The quantitative estimate of drug-likeness (QED) is 0.848. The fourth-order valence-corrected chi connectivity index (χ4v) is 2.42. The molecule has 1 amide bonds. The second kappa shape index (κ2) is 5.25. The Labute approximate surface area is 125 Å². The summed E-state index contributed by atoms with van der Waals surface area (Å²) in [6.07, 6.45) is 2.53. The van der Waals surface area contributed by atoms with Crippen LogP contribution in [0.4, 0.5) is 5.82 Å². The lowest BCUT2D eigenvalue weighted by molar-refractivity contribution is 0.0992. The number of fused-ring (bicyclic) bond motifs is 1. The number of pyridine rings is 1. The summed E-state index contributed by atoms with van der Waals surface area (Å²) in [5, 5.41) is 0. The topological polar surface area (TPSA) is 42.4 Å². The maximum Gasteiger partial charge on any atom is 0.259 e. The molecule has 1 aliphatic heterocycles. The van der Waals surface area contributed by atoms with Crippen LogP contribution >= 0.6 is 15.9 Å². The van der Waals surface area contributed by atoms with Gasteiger partial charge in [0.1, 0.15) is 11.6 Å². The highest BCUT2D eigenvalue weighted by atomic mass is 79.9. The van der Waals surface area contributed by atoms with Crippen molar-refractivity contribution in [2.75, 3.05) is 18.6 Å². The monoisotopic (exact) mass is 332 g/mol. The molecule has 0 aliphatic carbocycles. The Bertz CT molecular complexity index is 655. The number of rotatable bonds is 2. The molecule has 0 saturated carbocycles. The number of carbonyl (C=O) groups is 1. The second-order valence-electron chi connectivity index (χ2n) is 4.62. The van der Waals surface area contributed by atoms with Crippen LogP contribution < -0.4 is 9.64 Å². The average molecular weight is 333 g/mol. The van der Waals surface area contributed by atoms with Crippen molar-refractivity contribution in [3.63, 3.8) is 0 Å². The summed E-state index contributed by atoms with van der Waals surface area (Å²) in [5.41, 5.74) is 1.74. The number of halogens is 1. The molecular weight excluding hydrogens is 320 g/mol. The predicted octanol–water partition coefficient (Wildman–Crippen LogP) is 3.06. The van der Waals surface area contributed by atoms with Crippen LogP contribution in [0.5, 0.6) is 5.75 Å². The van der Waals surface area contributed by atoms with E-state index < -0.39 is 0 Å². The van der Waals surface area contributed by atoms with Crippen molar-refractivity contribution in [3.8, 4) is 5.75 Å². The Morgan fingerprint density at radius 3 is 2.95 bits per heavy atom. The first-order chi connectivity index (χ1) is 9.65. The van der Waals surface area contributed by atoms with Crippen molar-refractivity contribution in [1.29, 1.82) is 0 Å². The van der Waals surface area contributed by atoms with Crippen molar-refractivity contribution >= 4 is 27.7 Å². The third-order valence-corrected chi connectivity index (χ3v) is 3.77. The van der Waals surface area contributed by atoms with Gasteiger partial charge < -0.3 is 4.74 Å². The number of hydrogen-bond acceptors (Lipinski definition) is 3. The third-order valence-electron chi connectivity index (χ3n) is 3.30. The molecule has 102 valence electrons. The van der Waals surface area contributed by atoms with E-state index in [2.05, 4.69) is 20.9 Å². The van der Waals surface area contributed by atoms with Crippen LogP contribution in [0.2, 0.25) is 0 Å². The van der Waals surface area contributed by atoms with E-state index in [1.54, 1.807) is 30.3 Å². The first kappa shape index (κ1) is 13.1. The van der Waals surface area contributed by atoms with Gasteiger partial charge in [-0.3, -0.25) is 9.69 Å². The van der Waals surface area contributed by atoms with Crippen molar-refractivity contribution in [2.45, 2.75) is 6.42 Å². The number of amides is 1. The number of carbonyl (C=O) groups excluding carboxylic acids is 1. The summed E-state index contributed by atoms with van der Waals surface area (Å²) in [6.45, 7) is 0.692. The Balaban J connectivity index is 1.86. The third kappa shape index (κ3) is 2.41. The fourth-order valence-electron chi connectivity index (χ4n) is 2.18. The molecule has 3 rings (SSSR count). The summed E-state index contributed by atoms with van der Waals surface area (Å²) in [6, 6.07) is 9.22. The summed E-state index contributed by atoms with van der Waals surface area (Å²) >= 11 is 3.33. The Hall–Kier alpha value is -1.88. The Kier molecular flexibility index (Phi) is 3.44. The minimum atomic E-state index is -0.0745. The van der Waals surface area contributed by atoms with Crippen LogP contribution in [-0.4, -0.2) is 24.5 Å². The van der Waals surface area contributed by atoms with Gasteiger partial charge in [-0.2, -0.15) is 0 Å². The minimum absolute atomic E-state index is 0.0745. The largest absolute Gasteiger partial charge is 0.493 e. The predicted molar refractivity (Wildman–Crippen MR) is 80.3 cm³/mol. The number of hydrogen-bond donors (Lipinski definition) is 0. The summed E-state index contributed by atoms with van der Waals surface area (Å²) in [5.74, 6) is 1.43. The smallest absolute Gasteiger partial charge is 0.259 e. The maximum absolute atomic E-state index is 12.5. The molecule has 20 heavy (non-hydrogen) atoms. The van der Waals surface area contributed by atoms with Gasteiger partial charge in [0.05, 0.1) is 6.61 Å². The van der Waals surface area contributed by atoms with Gasteiger partial charge in [-0.25, -0.2) is 4.98 Å². The number of aromatic nitrogens is 1. The lowest BCUT2D eigenvalue weighted by atomic mass is 10.1. The fraction of sp³-hybridized carbons (Fsp3) is 0.200. The first-order valence-electron chi connectivity index (χ1n) is 6.30. The van der Waals surface area contributed by atoms with Crippen molar-refractivity contribution < 1.29 is 9.53 Å². The van der Waals surface area contributed by atoms with Crippen molar-refractivity contribution in [2.24, 2.45) is 0 Å². The van der Waals surface area contributed by atoms with Gasteiger partial charge in [-0.1, -0.05) is 0 Å². The summed E-state index contributed by atoms with van der Waals surface area (Å²) in [7, 11) is 1.72. The van der Waals surface area contributed by atoms with Crippen LogP contribution in [0.1, 0.15) is 15.9 Å². The van der Waals surface area contributed by atoms with E-state index in [9.17, 15) is 4.79 Å². The van der Waals surface area contributed by atoms with Gasteiger partial charge in [-0.05, 0) is 51.8 Å². The summed E-state index contributed by atoms with van der Waals surface area (Å²) in [4.78, 5) is 18.2. The molecule has 0 radical (unpaired) electrons. The molecule has 0 spiro atoms. The molecule has 5 heteroatoms. The lowest BCUT2D eigenvalue weighted by Gasteiger charge is -2.16. The average Bonchev–Trinajstić information content (AvgIpc) is 2.94.